The van der Waals surface area contributed by atoms with Crippen LogP contribution in [0.1, 0.15) is 5.56 Å². The molecule has 4 rings (SSSR count). The Bertz CT molecular complexity index is 697. The minimum Gasteiger partial charge on any atom is -0.378 e. The molecule has 0 spiro atoms. The van der Waals surface area contributed by atoms with Gasteiger partial charge in [0.15, 0.2) is 0 Å². The summed E-state index contributed by atoms with van der Waals surface area (Å²) in [5.74, 6) is 1.95. The molecule has 2 aromatic rings. The second kappa shape index (κ2) is 9.16. The zero-order valence-corrected chi connectivity index (χ0v) is 16.2. The molecule has 1 N–H and O–H groups in total. The Labute approximate surface area is 165 Å². The zero-order valence-electron chi connectivity index (χ0n) is 15.4. The van der Waals surface area contributed by atoms with Crippen molar-refractivity contribution < 1.29 is 9.47 Å². The summed E-state index contributed by atoms with van der Waals surface area (Å²) in [5, 5.41) is 3.31. The first-order chi connectivity index (χ1) is 12.8. The van der Waals surface area contributed by atoms with E-state index >= 15 is 0 Å². The van der Waals surface area contributed by atoms with Crippen LogP contribution in [-0.2, 0) is 9.47 Å². The number of aryl methyl sites for hydroxylation is 1. The maximum atomic E-state index is 5.45. The molecular weight excluding hydrogens is 368 g/mol. The number of anilines is 4. The van der Waals surface area contributed by atoms with Crippen LogP contribution < -0.4 is 15.1 Å². The molecule has 2 fully saturated rings. The van der Waals surface area contributed by atoms with Gasteiger partial charge in [-0.05, 0) is 19.1 Å². The first-order valence-electron chi connectivity index (χ1n) is 9.03. The van der Waals surface area contributed by atoms with E-state index < -0.39 is 0 Å². The Morgan fingerprint density at radius 1 is 0.778 bits per heavy atom. The van der Waals surface area contributed by atoms with Gasteiger partial charge in [0.2, 0.25) is 17.8 Å². The van der Waals surface area contributed by atoms with Gasteiger partial charge in [0.1, 0.15) is 0 Å². The van der Waals surface area contributed by atoms with Crippen molar-refractivity contribution in [3.8, 4) is 0 Å². The summed E-state index contributed by atoms with van der Waals surface area (Å²) >= 11 is 0. The molecule has 0 amide bonds. The van der Waals surface area contributed by atoms with E-state index in [1.165, 1.54) is 5.56 Å². The van der Waals surface area contributed by atoms with Gasteiger partial charge in [-0.15, -0.1) is 12.4 Å². The van der Waals surface area contributed by atoms with Crippen LogP contribution >= 0.6 is 12.4 Å². The van der Waals surface area contributed by atoms with Crippen LogP contribution in [0.15, 0.2) is 24.3 Å². The second-order valence-corrected chi connectivity index (χ2v) is 6.45. The van der Waals surface area contributed by atoms with Crippen molar-refractivity contribution in [2.45, 2.75) is 6.92 Å². The van der Waals surface area contributed by atoms with Crippen LogP contribution in [0.25, 0.3) is 0 Å². The van der Waals surface area contributed by atoms with Gasteiger partial charge in [0, 0.05) is 31.9 Å². The van der Waals surface area contributed by atoms with Gasteiger partial charge in [0.25, 0.3) is 0 Å². The molecular formula is C18H25ClN6O2. The number of rotatable bonds is 4. The lowest BCUT2D eigenvalue weighted by atomic mass is 10.2. The number of hydrogen-bond acceptors (Lipinski definition) is 8. The normalized spacial score (nSPS) is 17.4. The molecule has 2 aliphatic heterocycles. The first kappa shape index (κ1) is 19.6. The molecule has 0 saturated carbocycles. The summed E-state index contributed by atoms with van der Waals surface area (Å²) in [4.78, 5) is 18.3. The quantitative estimate of drug-likeness (QED) is 0.847. The van der Waals surface area contributed by atoms with E-state index in [9.17, 15) is 0 Å². The summed E-state index contributed by atoms with van der Waals surface area (Å²) in [6.07, 6.45) is 0. The van der Waals surface area contributed by atoms with E-state index in [0.717, 1.165) is 31.9 Å². The topological polar surface area (TPSA) is 75.6 Å². The van der Waals surface area contributed by atoms with Crippen LogP contribution in [0.5, 0.6) is 0 Å². The van der Waals surface area contributed by atoms with Crippen LogP contribution in [0, 0.1) is 6.92 Å². The van der Waals surface area contributed by atoms with Gasteiger partial charge in [-0.25, -0.2) is 0 Å². The fraction of sp³-hybridized carbons (Fsp3) is 0.500. The summed E-state index contributed by atoms with van der Waals surface area (Å²) < 4.78 is 10.9. The predicted molar refractivity (Wildman–Crippen MR) is 108 cm³/mol. The standard InChI is InChI=1S/C18H24N6O2.ClH/c1-14-2-4-15(5-3-14)19-16-20-17(23-6-10-25-11-7-23)22-18(21-16)24-8-12-26-13-9-24;/h2-5H,6-13H2,1H3,(H,19,20,21,22);1H. The van der Waals surface area contributed by atoms with Crippen molar-refractivity contribution in [1.29, 1.82) is 0 Å². The lowest BCUT2D eigenvalue weighted by Crippen LogP contribution is -2.40. The van der Waals surface area contributed by atoms with Crippen LogP contribution in [0.4, 0.5) is 23.5 Å². The van der Waals surface area contributed by atoms with Crippen molar-refractivity contribution in [3.63, 3.8) is 0 Å². The smallest absolute Gasteiger partial charge is 0.233 e. The predicted octanol–water partition coefficient (Wildman–Crippen LogP) is 2.02. The highest BCUT2D eigenvalue weighted by Crippen LogP contribution is 2.21. The maximum absolute atomic E-state index is 5.45. The van der Waals surface area contributed by atoms with Gasteiger partial charge in [0.05, 0.1) is 26.4 Å². The number of nitrogens with zero attached hydrogens (tertiary/aromatic N) is 5. The number of halogens is 1. The maximum Gasteiger partial charge on any atom is 0.233 e. The highest BCUT2D eigenvalue weighted by Gasteiger charge is 2.20. The van der Waals surface area contributed by atoms with Gasteiger partial charge >= 0.3 is 0 Å². The van der Waals surface area contributed by atoms with Crippen LogP contribution in [0.2, 0.25) is 0 Å². The van der Waals surface area contributed by atoms with Gasteiger partial charge in [-0.3, -0.25) is 0 Å². The van der Waals surface area contributed by atoms with Gasteiger partial charge in [-0.2, -0.15) is 15.0 Å². The number of hydrogen-bond donors (Lipinski definition) is 1. The molecule has 2 saturated heterocycles. The Morgan fingerprint density at radius 2 is 1.26 bits per heavy atom. The SMILES string of the molecule is Cc1ccc(Nc2nc(N3CCOCC3)nc(N3CCOCC3)n2)cc1.Cl. The molecule has 9 heteroatoms. The molecule has 0 radical (unpaired) electrons. The molecule has 0 bridgehead atoms. The molecule has 1 aromatic heterocycles. The fourth-order valence-corrected chi connectivity index (χ4v) is 2.99. The van der Waals surface area contributed by atoms with E-state index in [1.807, 2.05) is 12.1 Å². The Morgan fingerprint density at radius 3 is 1.74 bits per heavy atom. The van der Waals surface area contributed by atoms with Crippen LogP contribution in [-0.4, -0.2) is 67.6 Å². The summed E-state index contributed by atoms with van der Waals surface area (Å²) in [7, 11) is 0. The van der Waals surface area contributed by atoms with Gasteiger partial charge < -0.3 is 24.6 Å². The van der Waals surface area contributed by atoms with E-state index in [1.54, 1.807) is 0 Å². The third-order valence-electron chi connectivity index (χ3n) is 4.51. The lowest BCUT2D eigenvalue weighted by Gasteiger charge is -2.30. The number of ether oxygens (including phenoxy) is 2. The Hall–Kier alpha value is -2.16. The van der Waals surface area contributed by atoms with E-state index in [2.05, 4.69) is 44.1 Å². The minimum absolute atomic E-state index is 0. The number of nitrogens with one attached hydrogen (secondary N) is 1. The number of benzene rings is 1. The summed E-state index contributed by atoms with van der Waals surface area (Å²) in [6.45, 7) is 8.00. The molecule has 0 atom stereocenters. The van der Waals surface area contributed by atoms with Crippen molar-refractivity contribution in [2.75, 3.05) is 67.7 Å². The molecule has 146 valence electrons. The lowest BCUT2D eigenvalue weighted by molar-refractivity contribution is 0.121. The third-order valence-corrected chi connectivity index (χ3v) is 4.51. The number of aromatic nitrogens is 3. The molecule has 8 nitrogen and oxygen atoms in total. The fourth-order valence-electron chi connectivity index (χ4n) is 2.99. The van der Waals surface area contributed by atoms with Gasteiger partial charge in [-0.1, -0.05) is 17.7 Å². The van der Waals surface area contributed by atoms with E-state index in [-0.39, 0.29) is 12.4 Å². The average Bonchev–Trinajstić information content (AvgIpc) is 2.71. The largest absolute Gasteiger partial charge is 0.378 e. The Balaban J connectivity index is 0.00000210. The summed E-state index contributed by atoms with van der Waals surface area (Å²) in [6, 6.07) is 8.19. The van der Waals surface area contributed by atoms with Crippen molar-refractivity contribution in [2.24, 2.45) is 0 Å². The second-order valence-electron chi connectivity index (χ2n) is 6.45. The summed E-state index contributed by atoms with van der Waals surface area (Å²) in [5.41, 5.74) is 2.18. The molecule has 27 heavy (non-hydrogen) atoms. The number of morpholine rings is 2. The highest BCUT2D eigenvalue weighted by atomic mass is 35.5. The third kappa shape index (κ3) is 4.97. The Kier molecular flexibility index (Phi) is 6.65. The van der Waals surface area contributed by atoms with Crippen molar-refractivity contribution in [1.82, 2.24) is 15.0 Å². The average molecular weight is 393 g/mol. The van der Waals surface area contributed by atoms with Crippen LogP contribution in [0.3, 0.4) is 0 Å². The monoisotopic (exact) mass is 392 g/mol. The van der Waals surface area contributed by atoms with Crippen molar-refractivity contribution in [3.05, 3.63) is 29.8 Å². The highest BCUT2D eigenvalue weighted by molar-refractivity contribution is 5.85. The molecule has 0 aliphatic carbocycles. The molecule has 0 unspecified atom stereocenters. The zero-order chi connectivity index (χ0) is 17.8. The first-order valence-corrected chi connectivity index (χ1v) is 9.03. The molecule has 1 aromatic carbocycles. The molecule has 3 heterocycles. The van der Waals surface area contributed by atoms with Crippen molar-refractivity contribution >= 4 is 35.9 Å². The molecule has 2 aliphatic rings. The van der Waals surface area contributed by atoms with E-state index in [4.69, 9.17) is 14.5 Å². The van der Waals surface area contributed by atoms with E-state index in [0.29, 0.717) is 44.3 Å². The minimum atomic E-state index is 0.